The van der Waals surface area contributed by atoms with Crippen molar-refractivity contribution in [3.05, 3.63) is 162 Å². The number of nitrogens with zero attached hydrogens (tertiary/aromatic N) is 9. The molecule has 13 nitrogen and oxygen atoms in total. The molecule has 2 aliphatic rings. The maximum absolute atomic E-state index is 15.1. The van der Waals surface area contributed by atoms with Crippen LogP contribution in [-0.4, -0.2) is 94.1 Å². The highest BCUT2D eigenvalue weighted by Gasteiger charge is 2.37. The van der Waals surface area contributed by atoms with Crippen LogP contribution in [0.3, 0.4) is 0 Å². The Morgan fingerprint density at radius 1 is 0.682 bits per heavy atom. The fourth-order valence-electron chi connectivity index (χ4n) is 9.08. The maximum atomic E-state index is 15.1. The van der Waals surface area contributed by atoms with Crippen LogP contribution in [0.1, 0.15) is 63.4 Å². The van der Waals surface area contributed by atoms with E-state index in [0.717, 1.165) is 54.2 Å². The monoisotopic (exact) mass is 894 g/mol. The fraction of sp³-hybridized carbons (Fsp3) is 0.245. The van der Waals surface area contributed by atoms with Crippen LogP contribution in [0.25, 0.3) is 33.5 Å². The molecule has 66 heavy (non-hydrogen) atoms. The number of aromatic nitrogens is 7. The van der Waals surface area contributed by atoms with Gasteiger partial charge in [-0.15, -0.1) is 0 Å². The van der Waals surface area contributed by atoms with E-state index in [4.69, 9.17) is 14.9 Å². The zero-order chi connectivity index (χ0) is 45.4. The summed E-state index contributed by atoms with van der Waals surface area (Å²) in [5.74, 6) is -0.730. The Hall–Kier alpha value is -7.69. The molecular weight excluding hydrogens is 853 g/mol. The number of piperidine rings is 1. The van der Waals surface area contributed by atoms with E-state index in [1.807, 2.05) is 102 Å². The molecule has 1 unspecified atom stereocenters. The number of carbonyl (C=O) groups excluding carboxylic acids is 2. The summed E-state index contributed by atoms with van der Waals surface area (Å²) in [5, 5.41) is 12.9. The lowest BCUT2D eigenvalue weighted by molar-refractivity contribution is -0.137. The summed E-state index contributed by atoms with van der Waals surface area (Å²) < 4.78 is 62.7. The first-order valence-electron chi connectivity index (χ1n) is 21.7. The second-order valence-corrected chi connectivity index (χ2v) is 16.5. The summed E-state index contributed by atoms with van der Waals surface area (Å²) in [5.41, 5.74) is 4.90. The molecule has 0 bridgehead atoms. The summed E-state index contributed by atoms with van der Waals surface area (Å²) in [4.78, 5) is 45.3. The van der Waals surface area contributed by atoms with Gasteiger partial charge in [0, 0.05) is 67.4 Å². The van der Waals surface area contributed by atoms with Gasteiger partial charge in [-0.2, -0.15) is 23.4 Å². The number of anilines is 1. The largest absolute Gasteiger partial charge is 0.475 e. The molecule has 334 valence electrons. The van der Waals surface area contributed by atoms with Crippen molar-refractivity contribution < 1.29 is 31.9 Å². The van der Waals surface area contributed by atoms with Gasteiger partial charge < -0.3 is 19.9 Å². The van der Waals surface area contributed by atoms with Crippen molar-refractivity contribution in [1.82, 2.24) is 44.0 Å². The fourth-order valence-corrected chi connectivity index (χ4v) is 9.08. The average Bonchev–Trinajstić information content (AvgIpc) is 4.09. The van der Waals surface area contributed by atoms with Gasteiger partial charge in [-0.05, 0) is 61.6 Å². The van der Waals surface area contributed by atoms with Gasteiger partial charge in [0.25, 0.3) is 11.8 Å². The van der Waals surface area contributed by atoms with E-state index in [0.29, 0.717) is 66.0 Å². The molecule has 10 rings (SSSR count). The highest BCUT2D eigenvalue weighted by Crippen LogP contribution is 2.37. The summed E-state index contributed by atoms with van der Waals surface area (Å²) in [6.07, 6.45) is 4.80. The molecule has 6 aromatic heterocycles. The number of rotatable bonds is 11. The van der Waals surface area contributed by atoms with Crippen LogP contribution in [0.2, 0.25) is 0 Å². The Balaban J connectivity index is 0.936. The number of likely N-dealkylation sites (tertiary alicyclic amines) is 2. The van der Waals surface area contributed by atoms with Crippen LogP contribution >= 0.6 is 0 Å². The summed E-state index contributed by atoms with van der Waals surface area (Å²) in [6.45, 7) is 1.28. The number of benzene rings is 2. The van der Waals surface area contributed by atoms with Crippen LogP contribution in [0.15, 0.2) is 134 Å². The molecule has 0 spiro atoms. The van der Waals surface area contributed by atoms with Crippen LogP contribution in [0, 0.1) is 5.82 Å². The molecule has 2 amide bonds. The average molecular weight is 895 g/mol. The van der Waals surface area contributed by atoms with Crippen molar-refractivity contribution >= 4 is 28.8 Å². The molecular formula is C49H42F4N10O3. The molecule has 2 saturated heterocycles. The van der Waals surface area contributed by atoms with Crippen molar-refractivity contribution in [2.24, 2.45) is 0 Å². The quantitative estimate of drug-likeness (QED) is 0.126. The lowest BCUT2D eigenvalue weighted by Gasteiger charge is -2.39. The Bertz CT molecular complexity index is 3020. The highest BCUT2D eigenvalue weighted by atomic mass is 19.4. The normalized spacial score (nSPS) is 17.7. The van der Waals surface area contributed by atoms with Crippen molar-refractivity contribution in [3.8, 4) is 28.4 Å². The zero-order valence-corrected chi connectivity index (χ0v) is 35.4. The standard InChI is InChI=1S/C49H42F4N10O3/c50-36-26-55-48(56-27-36)57-28-37-11-8-22-60(37)46(64)42-39-12-4-6-23-62(39)59-45(42)33-16-14-31(15-17-33)34-18-20-38(30-66-41-21-19-35(25-54-41)49(51,52)53)61(29-34)47(65)43-40-13-5-7-24-63(40)58-44(43)32-9-2-1-3-10-32/h1-7,9-10,12-17,19,21,23-27,34,37-38H,8,11,18,20,22,28-30H2,(H,55,56,57)/t34?,37-,38-/m0/s1. The molecule has 8 heterocycles. The van der Waals surface area contributed by atoms with Gasteiger partial charge in [0.2, 0.25) is 11.8 Å². The van der Waals surface area contributed by atoms with Gasteiger partial charge in [-0.25, -0.2) is 28.4 Å². The predicted molar refractivity (Wildman–Crippen MR) is 237 cm³/mol. The molecule has 3 atom stereocenters. The molecule has 8 aromatic rings. The Morgan fingerprint density at radius 2 is 1.32 bits per heavy atom. The number of hydrogen-bond donors (Lipinski definition) is 1. The maximum Gasteiger partial charge on any atom is 0.417 e. The van der Waals surface area contributed by atoms with Crippen molar-refractivity contribution in [2.45, 2.75) is 49.9 Å². The smallest absolute Gasteiger partial charge is 0.417 e. The van der Waals surface area contributed by atoms with E-state index in [2.05, 4.69) is 20.3 Å². The van der Waals surface area contributed by atoms with Gasteiger partial charge in [-0.1, -0.05) is 66.7 Å². The molecule has 2 aromatic carbocycles. The lowest BCUT2D eigenvalue weighted by atomic mass is 9.86. The van der Waals surface area contributed by atoms with E-state index in [1.54, 1.807) is 20.1 Å². The molecule has 2 aliphatic heterocycles. The van der Waals surface area contributed by atoms with E-state index in [-0.39, 0.29) is 42.2 Å². The lowest BCUT2D eigenvalue weighted by Crippen LogP contribution is -2.49. The topological polar surface area (TPSA) is 135 Å². The van der Waals surface area contributed by atoms with Gasteiger partial charge in [0.1, 0.15) is 18.0 Å². The van der Waals surface area contributed by atoms with Crippen molar-refractivity contribution in [3.63, 3.8) is 0 Å². The first-order chi connectivity index (χ1) is 32.1. The predicted octanol–water partition coefficient (Wildman–Crippen LogP) is 8.84. The number of ether oxygens (including phenoxy) is 1. The first kappa shape index (κ1) is 42.3. The van der Waals surface area contributed by atoms with E-state index in [9.17, 15) is 22.4 Å². The van der Waals surface area contributed by atoms with Crippen LogP contribution in [-0.2, 0) is 6.18 Å². The molecule has 0 saturated carbocycles. The van der Waals surface area contributed by atoms with Crippen LogP contribution in [0.4, 0.5) is 23.5 Å². The molecule has 17 heteroatoms. The third-order valence-corrected chi connectivity index (χ3v) is 12.4. The Labute approximate surface area is 375 Å². The third-order valence-electron chi connectivity index (χ3n) is 12.4. The first-order valence-corrected chi connectivity index (χ1v) is 21.7. The summed E-state index contributed by atoms with van der Waals surface area (Å²) in [7, 11) is 0. The molecule has 2 fully saturated rings. The minimum atomic E-state index is -4.54. The van der Waals surface area contributed by atoms with Crippen LogP contribution in [0.5, 0.6) is 5.88 Å². The Kier molecular flexibility index (Phi) is 11.3. The number of hydrogen-bond acceptors (Lipinski definition) is 9. The number of amides is 2. The second kappa shape index (κ2) is 17.7. The van der Waals surface area contributed by atoms with Gasteiger partial charge >= 0.3 is 6.18 Å². The summed E-state index contributed by atoms with van der Waals surface area (Å²) in [6, 6.07) is 30.1. The van der Waals surface area contributed by atoms with E-state index in [1.165, 1.54) is 6.07 Å². The van der Waals surface area contributed by atoms with Crippen molar-refractivity contribution in [2.75, 3.05) is 31.6 Å². The minimum Gasteiger partial charge on any atom is -0.475 e. The van der Waals surface area contributed by atoms with E-state index >= 15 is 4.79 Å². The number of pyridine rings is 3. The molecule has 0 radical (unpaired) electrons. The zero-order valence-electron chi connectivity index (χ0n) is 35.4. The number of carbonyl (C=O) groups is 2. The number of nitrogens with one attached hydrogen (secondary N) is 1. The summed E-state index contributed by atoms with van der Waals surface area (Å²) >= 11 is 0. The molecule has 0 aliphatic carbocycles. The minimum absolute atomic E-state index is 0.00822. The Morgan fingerprint density at radius 3 is 1.95 bits per heavy atom. The van der Waals surface area contributed by atoms with Gasteiger partial charge in [0.15, 0.2) is 5.82 Å². The number of fused-ring (bicyclic) bond motifs is 2. The van der Waals surface area contributed by atoms with E-state index < -0.39 is 23.6 Å². The van der Waals surface area contributed by atoms with Gasteiger partial charge in [-0.3, -0.25) is 9.59 Å². The third kappa shape index (κ3) is 8.39. The second-order valence-electron chi connectivity index (χ2n) is 16.5. The van der Waals surface area contributed by atoms with Crippen molar-refractivity contribution in [1.29, 1.82) is 0 Å². The molecule has 1 N–H and O–H groups in total. The van der Waals surface area contributed by atoms with Gasteiger partial charge in [0.05, 0.1) is 46.2 Å². The number of alkyl halides is 3. The number of halogens is 4. The SMILES string of the molecule is O=C(c1c(-c2ccc(C3CC[C@@H](COc4ccc(C(F)(F)F)cn4)N(C(=O)c4c(-c5ccccc5)nn5ccccc45)C3)cc2)nn2ccccc12)N1CCC[C@H]1CNc1ncc(F)cn1. The van der Waals surface area contributed by atoms with Crippen LogP contribution < -0.4 is 10.1 Å². The highest BCUT2D eigenvalue weighted by molar-refractivity contribution is 6.07.